The van der Waals surface area contributed by atoms with Crippen molar-refractivity contribution in [3.8, 4) is 16.9 Å². The number of primary sulfonamides is 1. The highest BCUT2D eigenvalue weighted by molar-refractivity contribution is 7.89. The van der Waals surface area contributed by atoms with Gasteiger partial charge in [0.25, 0.3) is 0 Å². The van der Waals surface area contributed by atoms with E-state index in [0.717, 1.165) is 16.9 Å². The molecule has 0 unspecified atom stereocenters. The lowest BCUT2D eigenvalue weighted by molar-refractivity contribution is 0.598. The molecule has 0 bridgehead atoms. The van der Waals surface area contributed by atoms with E-state index in [4.69, 9.17) is 16.7 Å². The molecule has 0 aliphatic rings. The molecular formula is C16H12ClFN2O2S. The molecule has 0 saturated carbocycles. The Kier molecular flexibility index (Phi) is 3.97. The summed E-state index contributed by atoms with van der Waals surface area (Å²) < 4.78 is 37.5. The monoisotopic (exact) mass is 350 g/mol. The third-order valence-corrected chi connectivity index (χ3v) is 4.51. The Morgan fingerprint density at radius 2 is 1.61 bits per heavy atom. The van der Waals surface area contributed by atoms with Crippen LogP contribution in [-0.4, -0.2) is 13.0 Å². The summed E-state index contributed by atoms with van der Waals surface area (Å²) in [5, 5.41) is 5.61. The van der Waals surface area contributed by atoms with Crippen LogP contribution in [0, 0.1) is 5.82 Å². The Morgan fingerprint density at radius 1 is 1.00 bits per heavy atom. The molecule has 7 heteroatoms. The SMILES string of the molecule is NS(=O)(=O)c1ccc(-c2cc(Cl)cn2-c2ccc(F)cc2)cc1. The quantitative estimate of drug-likeness (QED) is 0.784. The van der Waals surface area contributed by atoms with Crippen LogP contribution in [0.3, 0.4) is 0 Å². The zero-order valence-electron chi connectivity index (χ0n) is 11.8. The van der Waals surface area contributed by atoms with Gasteiger partial charge >= 0.3 is 0 Å². The van der Waals surface area contributed by atoms with Crippen LogP contribution in [0.5, 0.6) is 0 Å². The Labute approximate surface area is 138 Å². The Balaban J connectivity index is 2.09. The van der Waals surface area contributed by atoms with E-state index in [0.29, 0.717) is 5.02 Å². The van der Waals surface area contributed by atoms with Gasteiger partial charge in [-0.3, -0.25) is 0 Å². The fraction of sp³-hybridized carbons (Fsp3) is 0. The molecule has 23 heavy (non-hydrogen) atoms. The topological polar surface area (TPSA) is 65.1 Å². The van der Waals surface area contributed by atoms with Gasteiger partial charge < -0.3 is 4.57 Å². The van der Waals surface area contributed by atoms with E-state index in [1.54, 1.807) is 41.1 Å². The van der Waals surface area contributed by atoms with Gasteiger partial charge in [-0.05, 0) is 48.0 Å². The minimum absolute atomic E-state index is 0.0345. The summed E-state index contributed by atoms with van der Waals surface area (Å²) in [5.41, 5.74) is 2.25. The Hall–Kier alpha value is -2.15. The maximum Gasteiger partial charge on any atom is 0.238 e. The summed E-state index contributed by atoms with van der Waals surface area (Å²) in [5.74, 6) is -0.328. The highest BCUT2D eigenvalue weighted by atomic mass is 35.5. The van der Waals surface area contributed by atoms with E-state index in [-0.39, 0.29) is 10.7 Å². The lowest BCUT2D eigenvalue weighted by Crippen LogP contribution is -2.11. The van der Waals surface area contributed by atoms with Crippen LogP contribution in [0.25, 0.3) is 16.9 Å². The second-order valence-electron chi connectivity index (χ2n) is 4.96. The molecular weight excluding hydrogens is 339 g/mol. The highest BCUT2D eigenvalue weighted by Gasteiger charge is 2.12. The van der Waals surface area contributed by atoms with Crippen LogP contribution in [0.4, 0.5) is 4.39 Å². The van der Waals surface area contributed by atoms with Crippen molar-refractivity contribution in [2.24, 2.45) is 5.14 Å². The first-order valence-electron chi connectivity index (χ1n) is 6.62. The summed E-state index contributed by atoms with van der Waals surface area (Å²) in [7, 11) is -3.74. The minimum atomic E-state index is -3.74. The maximum atomic E-state index is 13.1. The van der Waals surface area contributed by atoms with Gasteiger partial charge in [-0.2, -0.15) is 0 Å². The van der Waals surface area contributed by atoms with Crippen LogP contribution in [0.2, 0.25) is 5.02 Å². The third-order valence-electron chi connectivity index (χ3n) is 3.37. The Bertz CT molecular complexity index is 949. The number of hydrogen-bond acceptors (Lipinski definition) is 2. The van der Waals surface area contributed by atoms with Crippen molar-refractivity contribution in [2.45, 2.75) is 4.90 Å². The number of nitrogens with zero attached hydrogens (tertiary/aromatic N) is 1. The van der Waals surface area contributed by atoms with E-state index < -0.39 is 10.0 Å². The van der Waals surface area contributed by atoms with Gasteiger partial charge in [0.1, 0.15) is 5.82 Å². The minimum Gasteiger partial charge on any atom is -0.315 e. The molecule has 3 rings (SSSR count). The molecule has 0 saturated heterocycles. The van der Waals surface area contributed by atoms with Crippen LogP contribution < -0.4 is 5.14 Å². The summed E-state index contributed by atoms with van der Waals surface area (Å²) in [4.78, 5) is 0.0345. The second kappa shape index (κ2) is 5.81. The standard InChI is InChI=1S/C16H12ClFN2O2S/c17-12-9-16(11-1-7-15(8-2-11)23(19,21)22)20(10-12)14-5-3-13(18)4-6-14/h1-10H,(H2,19,21,22). The number of rotatable bonds is 3. The van der Waals surface area contributed by atoms with Crippen LogP contribution >= 0.6 is 11.6 Å². The number of aromatic nitrogens is 1. The molecule has 1 aromatic heterocycles. The largest absolute Gasteiger partial charge is 0.315 e. The van der Waals surface area contributed by atoms with Crippen molar-refractivity contribution in [1.29, 1.82) is 0 Å². The van der Waals surface area contributed by atoms with Crippen LogP contribution in [-0.2, 0) is 10.0 Å². The predicted octanol–water partition coefficient (Wildman–Crippen LogP) is 3.58. The van der Waals surface area contributed by atoms with E-state index in [2.05, 4.69) is 0 Å². The zero-order chi connectivity index (χ0) is 16.6. The van der Waals surface area contributed by atoms with Crippen molar-refractivity contribution in [2.75, 3.05) is 0 Å². The lowest BCUT2D eigenvalue weighted by Gasteiger charge is -2.10. The van der Waals surface area contributed by atoms with E-state index in [1.807, 2.05) is 0 Å². The fourth-order valence-electron chi connectivity index (χ4n) is 2.28. The van der Waals surface area contributed by atoms with Crippen molar-refractivity contribution in [1.82, 2.24) is 4.57 Å². The number of halogens is 2. The molecule has 0 radical (unpaired) electrons. The van der Waals surface area contributed by atoms with Crippen molar-refractivity contribution in [3.05, 3.63) is 71.6 Å². The number of hydrogen-bond donors (Lipinski definition) is 1. The number of sulfonamides is 1. The smallest absolute Gasteiger partial charge is 0.238 e. The molecule has 0 amide bonds. The van der Waals surface area contributed by atoms with Crippen LogP contribution in [0.15, 0.2) is 65.7 Å². The van der Waals surface area contributed by atoms with Gasteiger partial charge in [-0.25, -0.2) is 17.9 Å². The third kappa shape index (κ3) is 3.29. The van der Waals surface area contributed by atoms with Gasteiger partial charge in [0.2, 0.25) is 10.0 Å². The molecule has 2 aromatic carbocycles. The van der Waals surface area contributed by atoms with E-state index in [1.165, 1.54) is 24.3 Å². The molecule has 118 valence electrons. The molecule has 0 fully saturated rings. The highest BCUT2D eigenvalue weighted by Crippen LogP contribution is 2.29. The van der Waals surface area contributed by atoms with Crippen LogP contribution in [0.1, 0.15) is 0 Å². The summed E-state index contributed by atoms with van der Waals surface area (Å²) in [6.45, 7) is 0. The number of nitrogens with two attached hydrogens (primary N) is 1. The van der Waals surface area contributed by atoms with Gasteiger partial charge in [0.05, 0.1) is 15.6 Å². The molecule has 4 nitrogen and oxygen atoms in total. The molecule has 0 spiro atoms. The molecule has 3 aromatic rings. The van der Waals surface area contributed by atoms with Gasteiger partial charge in [0.15, 0.2) is 0 Å². The zero-order valence-corrected chi connectivity index (χ0v) is 13.4. The second-order valence-corrected chi connectivity index (χ2v) is 6.96. The summed E-state index contributed by atoms with van der Waals surface area (Å²) in [6, 6.07) is 13.9. The first-order chi connectivity index (χ1) is 10.8. The molecule has 0 aliphatic carbocycles. The summed E-state index contributed by atoms with van der Waals surface area (Å²) in [6.07, 6.45) is 1.71. The van der Waals surface area contributed by atoms with Crippen molar-refractivity contribution < 1.29 is 12.8 Å². The normalized spacial score (nSPS) is 11.6. The number of benzene rings is 2. The van der Waals surface area contributed by atoms with E-state index in [9.17, 15) is 12.8 Å². The first-order valence-corrected chi connectivity index (χ1v) is 8.54. The molecule has 1 heterocycles. The average molecular weight is 351 g/mol. The van der Waals surface area contributed by atoms with Crippen molar-refractivity contribution in [3.63, 3.8) is 0 Å². The van der Waals surface area contributed by atoms with Gasteiger partial charge in [-0.1, -0.05) is 23.7 Å². The Morgan fingerprint density at radius 3 is 2.17 bits per heavy atom. The van der Waals surface area contributed by atoms with Gasteiger partial charge in [0, 0.05) is 11.9 Å². The predicted molar refractivity (Wildman–Crippen MR) is 87.5 cm³/mol. The fourth-order valence-corrected chi connectivity index (χ4v) is 3.00. The molecule has 0 aliphatic heterocycles. The maximum absolute atomic E-state index is 13.1. The lowest BCUT2D eigenvalue weighted by atomic mass is 10.1. The summed E-state index contributed by atoms with van der Waals surface area (Å²) >= 11 is 6.09. The van der Waals surface area contributed by atoms with Gasteiger partial charge in [-0.15, -0.1) is 0 Å². The average Bonchev–Trinajstić information content (AvgIpc) is 2.89. The van der Waals surface area contributed by atoms with E-state index >= 15 is 0 Å². The molecule has 2 N–H and O–H groups in total. The first kappa shape index (κ1) is 15.7. The molecule has 0 atom stereocenters. The van der Waals surface area contributed by atoms with Crippen molar-refractivity contribution >= 4 is 21.6 Å².